The van der Waals surface area contributed by atoms with Gasteiger partial charge in [-0.2, -0.15) is 5.10 Å². The molecule has 1 aromatic carbocycles. The summed E-state index contributed by atoms with van der Waals surface area (Å²) in [5.74, 6) is 1.63. The van der Waals surface area contributed by atoms with Gasteiger partial charge in [-0.15, -0.1) is 24.0 Å². The van der Waals surface area contributed by atoms with Gasteiger partial charge in [0.25, 0.3) is 0 Å². The van der Waals surface area contributed by atoms with E-state index in [4.69, 9.17) is 4.99 Å². The Kier molecular flexibility index (Phi) is 9.03. The monoisotopic (exact) mass is 532 g/mol. The molecule has 0 amide bonds. The van der Waals surface area contributed by atoms with E-state index in [9.17, 15) is 0 Å². The zero-order chi connectivity index (χ0) is 21.6. The zero-order valence-corrected chi connectivity index (χ0v) is 21.3. The van der Waals surface area contributed by atoms with Crippen LogP contribution in [-0.4, -0.2) is 33.8 Å². The van der Waals surface area contributed by atoms with Crippen LogP contribution < -0.4 is 10.6 Å². The van der Waals surface area contributed by atoms with Gasteiger partial charge in [0, 0.05) is 30.4 Å². The number of hydrogen-bond acceptors (Lipinski definition) is 3. The Morgan fingerprint density at radius 3 is 2.39 bits per heavy atom. The van der Waals surface area contributed by atoms with Crippen molar-refractivity contribution in [1.82, 2.24) is 25.4 Å². The molecular weight excluding hydrogens is 499 g/mol. The quantitative estimate of drug-likeness (QED) is 0.267. The number of benzene rings is 1. The summed E-state index contributed by atoms with van der Waals surface area (Å²) < 4.78 is 1.86. The molecule has 7 heteroatoms. The first kappa shape index (κ1) is 24.8. The summed E-state index contributed by atoms with van der Waals surface area (Å²) in [5, 5.41) is 11.3. The van der Waals surface area contributed by atoms with Crippen LogP contribution in [0.15, 0.2) is 59.7 Å². The minimum atomic E-state index is 0. The summed E-state index contributed by atoms with van der Waals surface area (Å²) >= 11 is 0. The molecule has 0 radical (unpaired) electrons. The van der Waals surface area contributed by atoms with Crippen molar-refractivity contribution in [3.63, 3.8) is 0 Å². The summed E-state index contributed by atoms with van der Waals surface area (Å²) in [6.07, 6.45) is 1.87. The molecule has 2 heterocycles. The number of guanidine groups is 1. The molecule has 0 aliphatic rings. The van der Waals surface area contributed by atoms with E-state index in [-0.39, 0.29) is 29.4 Å². The number of pyridine rings is 1. The topological polar surface area (TPSA) is 67.1 Å². The second-order valence-electron chi connectivity index (χ2n) is 8.16. The lowest BCUT2D eigenvalue weighted by molar-refractivity contribution is 0.508. The van der Waals surface area contributed by atoms with Crippen molar-refractivity contribution < 1.29 is 0 Å². The first-order chi connectivity index (χ1) is 14.4. The van der Waals surface area contributed by atoms with Crippen molar-refractivity contribution in [3.05, 3.63) is 77.2 Å². The molecule has 2 N–H and O–H groups in total. The van der Waals surface area contributed by atoms with Gasteiger partial charge in [0.2, 0.25) is 0 Å². The average molecular weight is 532 g/mol. The molecule has 2 aromatic heterocycles. The molecule has 0 bridgehead atoms. The van der Waals surface area contributed by atoms with Gasteiger partial charge in [-0.25, -0.2) is 14.7 Å². The second kappa shape index (κ2) is 11.3. The number of aromatic nitrogens is 3. The van der Waals surface area contributed by atoms with Crippen LogP contribution in [-0.2, 0) is 12.0 Å². The average Bonchev–Trinajstić information content (AvgIpc) is 3.09. The Morgan fingerprint density at radius 1 is 1.06 bits per heavy atom. The van der Waals surface area contributed by atoms with Gasteiger partial charge in [0.05, 0.1) is 12.2 Å². The Bertz CT molecular complexity index is 977. The number of halogens is 1. The van der Waals surface area contributed by atoms with Crippen molar-refractivity contribution in [1.29, 1.82) is 0 Å². The maximum Gasteiger partial charge on any atom is 0.191 e. The molecule has 0 aliphatic carbocycles. The van der Waals surface area contributed by atoms with E-state index in [1.807, 2.05) is 42.9 Å². The standard InChI is InChI=1S/C24H32N6.HI/c1-6-25-23(28-17-24(4,5)21-10-8-7-9-11-21)27-16-20-12-13-22(26-15-20)30-19(3)14-18(2)29-30;/h7-15H,6,16-17H2,1-5H3,(H2,25,27,28);1H. The van der Waals surface area contributed by atoms with E-state index in [1.54, 1.807) is 0 Å². The number of nitrogens with one attached hydrogen (secondary N) is 2. The fourth-order valence-corrected chi connectivity index (χ4v) is 3.30. The van der Waals surface area contributed by atoms with Gasteiger partial charge >= 0.3 is 0 Å². The van der Waals surface area contributed by atoms with E-state index < -0.39 is 0 Å². The molecule has 0 spiro atoms. The number of nitrogens with zero attached hydrogens (tertiary/aromatic N) is 4. The third-order valence-electron chi connectivity index (χ3n) is 5.05. The lowest BCUT2D eigenvalue weighted by Gasteiger charge is -2.26. The summed E-state index contributed by atoms with van der Waals surface area (Å²) in [6, 6.07) is 16.6. The van der Waals surface area contributed by atoms with Crippen LogP contribution in [0.4, 0.5) is 0 Å². The van der Waals surface area contributed by atoms with Crippen LogP contribution in [0.25, 0.3) is 5.82 Å². The van der Waals surface area contributed by atoms with Crippen molar-refractivity contribution in [2.75, 3.05) is 13.1 Å². The number of rotatable bonds is 7. The molecule has 0 saturated heterocycles. The lowest BCUT2D eigenvalue weighted by atomic mass is 9.85. The van der Waals surface area contributed by atoms with E-state index >= 15 is 0 Å². The highest BCUT2D eigenvalue weighted by molar-refractivity contribution is 14.0. The Morgan fingerprint density at radius 2 is 1.81 bits per heavy atom. The number of hydrogen-bond donors (Lipinski definition) is 2. The summed E-state index contributed by atoms with van der Waals surface area (Å²) in [4.78, 5) is 9.30. The Hall–Kier alpha value is -2.42. The second-order valence-corrected chi connectivity index (χ2v) is 8.16. The summed E-state index contributed by atoms with van der Waals surface area (Å²) in [6.45, 7) is 12.7. The maximum atomic E-state index is 4.74. The van der Waals surface area contributed by atoms with Gasteiger partial charge in [0.15, 0.2) is 11.8 Å². The first-order valence-electron chi connectivity index (χ1n) is 10.5. The predicted molar refractivity (Wildman–Crippen MR) is 139 cm³/mol. The maximum absolute atomic E-state index is 4.74. The van der Waals surface area contributed by atoms with Crippen molar-refractivity contribution in [2.45, 2.75) is 46.6 Å². The molecular formula is C24H33IN6. The largest absolute Gasteiger partial charge is 0.357 e. The van der Waals surface area contributed by atoms with Gasteiger partial charge in [-0.1, -0.05) is 50.2 Å². The van der Waals surface area contributed by atoms with Crippen molar-refractivity contribution >= 4 is 29.9 Å². The predicted octanol–water partition coefficient (Wildman–Crippen LogP) is 4.54. The van der Waals surface area contributed by atoms with Gasteiger partial charge in [-0.05, 0) is 44.0 Å². The molecule has 6 nitrogen and oxygen atoms in total. The highest BCUT2D eigenvalue weighted by Crippen LogP contribution is 2.21. The van der Waals surface area contributed by atoms with Crippen LogP contribution in [0.5, 0.6) is 0 Å². The smallest absolute Gasteiger partial charge is 0.191 e. The fraction of sp³-hybridized carbons (Fsp3) is 0.375. The molecule has 0 aliphatic heterocycles. The van der Waals surface area contributed by atoms with Crippen LogP contribution in [0, 0.1) is 13.8 Å². The van der Waals surface area contributed by atoms with E-state index in [1.165, 1.54) is 5.56 Å². The molecule has 166 valence electrons. The third kappa shape index (κ3) is 6.78. The molecule has 0 unspecified atom stereocenters. The summed E-state index contributed by atoms with van der Waals surface area (Å²) in [7, 11) is 0. The highest BCUT2D eigenvalue weighted by Gasteiger charge is 2.20. The van der Waals surface area contributed by atoms with Crippen molar-refractivity contribution in [3.8, 4) is 5.82 Å². The van der Waals surface area contributed by atoms with E-state index in [0.29, 0.717) is 6.54 Å². The van der Waals surface area contributed by atoms with Gasteiger partial charge in [-0.3, -0.25) is 0 Å². The molecule has 3 aromatic rings. The molecule has 0 fully saturated rings. The van der Waals surface area contributed by atoms with Gasteiger partial charge < -0.3 is 10.6 Å². The first-order valence-corrected chi connectivity index (χ1v) is 10.5. The fourth-order valence-electron chi connectivity index (χ4n) is 3.30. The number of aryl methyl sites for hydroxylation is 2. The van der Waals surface area contributed by atoms with Gasteiger partial charge in [0.1, 0.15) is 0 Å². The van der Waals surface area contributed by atoms with E-state index in [2.05, 4.69) is 71.8 Å². The highest BCUT2D eigenvalue weighted by atomic mass is 127. The van der Waals surface area contributed by atoms with Crippen LogP contribution in [0.3, 0.4) is 0 Å². The third-order valence-corrected chi connectivity index (χ3v) is 5.05. The van der Waals surface area contributed by atoms with Crippen LogP contribution in [0.1, 0.15) is 43.3 Å². The minimum Gasteiger partial charge on any atom is -0.357 e. The zero-order valence-electron chi connectivity index (χ0n) is 19.0. The van der Waals surface area contributed by atoms with Crippen LogP contribution in [0.2, 0.25) is 0 Å². The molecule has 0 atom stereocenters. The van der Waals surface area contributed by atoms with Crippen LogP contribution >= 0.6 is 24.0 Å². The molecule has 3 rings (SSSR count). The lowest BCUT2D eigenvalue weighted by Crippen LogP contribution is -2.43. The molecule has 0 saturated carbocycles. The van der Waals surface area contributed by atoms with E-state index in [0.717, 1.165) is 41.8 Å². The number of aliphatic imine (C=N–C) groups is 1. The Balaban J connectivity index is 0.00000341. The summed E-state index contributed by atoms with van der Waals surface area (Å²) in [5.41, 5.74) is 4.42. The SMILES string of the molecule is CCNC(=NCc1ccc(-n2nc(C)cc2C)nc1)NCC(C)(C)c1ccccc1.I. The Labute approximate surface area is 202 Å². The molecule has 31 heavy (non-hydrogen) atoms. The normalized spacial score (nSPS) is 11.7. The minimum absolute atomic E-state index is 0. The van der Waals surface area contributed by atoms with Crippen molar-refractivity contribution in [2.24, 2.45) is 4.99 Å².